The van der Waals surface area contributed by atoms with Gasteiger partial charge < -0.3 is 16.4 Å². The van der Waals surface area contributed by atoms with Crippen LogP contribution in [0.1, 0.15) is 44.1 Å². The highest BCUT2D eigenvalue weighted by atomic mass is 19.1. The van der Waals surface area contributed by atoms with Gasteiger partial charge in [-0.1, -0.05) is 12.1 Å². The molecular formula is C24H29FN4O2. The monoisotopic (exact) mass is 424 g/mol. The van der Waals surface area contributed by atoms with Gasteiger partial charge in [0.25, 0.3) is 0 Å². The van der Waals surface area contributed by atoms with E-state index in [0.29, 0.717) is 6.54 Å². The Kier molecular flexibility index (Phi) is 6.32. The average molecular weight is 425 g/mol. The molecule has 164 valence electrons. The summed E-state index contributed by atoms with van der Waals surface area (Å²) in [5, 5.41) is 5.95. The number of carbonyl (C=O) groups excluding carboxylic acids is 2. The number of hydrogen-bond acceptors (Lipinski definition) is 4. The van der Waals surface area contributed by atoms with Gasteiger partial charge in [-0.25, -0.2) is 4.39 Å². The third-order valence-electron chi connectivity index (χ3n) is 6.81. The van der Waals surface area contributed by atoms with Gasteiger partial charge in [0.05, 0.1) is 6.04 Å². The predicted molar refractivity (Wildman–Crippen MR) is 117 cm³/mol. The maximum atomic E-state index is 13.2. The Balaban J connectivity index is 1.24. The van der Waals surface area contributed by atoms with Gasteiger partial charge in [0.2, 0.25) is 11.8 Å². The van der Waals surface area contributed by atoms with E-state index in [2.05, 4.69) is 15.6 Å². The molecular weight excluding hydrogens is 395 g/mol. The number of pyridine rings is 1. The van der Waals surface area contributed by atoms with Gasteiger partial charge in [0, 0.05) is 36.0 Å². The lowest BCUT2D eigenvalue weighted by atomic mass is 9.78. The molecule has 2 fully saturated rings. The first-order valence-electron chi connectivity index (χ1n) is 11.0. The highest BCUT2D eigenvalue weighted by Crippen LogP contribution is 2.47. The summed E-state index contributed by atoms with van der Waals surface area (Å²) in [7, 11) is 0. The van der Waals surface area contributed by atoms with E-state index in [1.807, 2.05) is 0 Å². The van der Waals surface area contributed by atoms with Crippen molar-refractivity contribution in [2.24, 2.45) is 17.6 Å². The second kappa shape index (κ2) is 9.14. The van der Waals surface area contributed by atoms with E-state index in [1.165, 1.54) is 12.1 Å². The molecule has 4 N–H and O–H groups in total. The van der Waals surface area contributed by atoms with Crippen molar-refractivity contribution >= 4 is 17.5 Å². The zero-order chi connectivity index (χ0) is 21.8. The highest BCUT2D eigenvalue weighted by Gasteiger charge is 2.44. The van der Waals surface area contributed by atoms with E-state index < -0.39 is 6.04 Å². The number of rotatable bonds is 7. The number of aromatic nitrogens is 1. The number of nitrogens with one attached hydrogen (secondary N) is 2. The summed E-state index contributed by atoms with van der Waals surface area (Å²) in [6.45, 7) is 0.523. The number of halogens is 1. The minimum absolute atomic E-state index is 0.0117. The standard InChI is InChI=1S/C24H29FN4O2/c25-19-7-5-18(6-8-19)24(11-12-24)15-28-23(31)21(26)16-1-3-17(4-2-16)22(30)29-20-9-13-27-14-10-20/h5-10,13-14,16-17,21H,1-4,11-12,15,26H2,(H,28,31)(H,27,29,30). The average Bonchev–Trinajstić information content (AvgIpc) is 3.59. The van der Waals surface area contributed by atoms with Gasteiger partial charge in [0.15, 0.2) is 0 Å². The largest absolute Gasteiger partial charge is 0.354 e. The van der Waals surface area contributed by atoms with Crippen LogP contribution in [0.4, 0.5) is 10.1 Å². The molecule has 1 atom stereocenters. The van der Waals surface area contributed by atoms with Crippen molar-refractivity contribution in [1.82, 2.24) is 10.3 Å². The first-order chi connectivity index (χ1) is 15.0. The smallest absolute Gasteiger partial charge is 0.237 e. The fourth-order valence-electron chi connectivity index (χ4n) is 4.53. The molecule has 2 aliphatic rings. The number of nitrogens with zero attached hydrogens (tertiary/aromatic N) is 1. The molecule has 1 aromatic carbocycles. The molecule has 7 heteroatoms. The number of hydrogen-bond donors (Lipinski definition) is 3. The number of carbonyl (C=O) groups is 2. The van der Waals surface area contributed by atoms with Gasteiger partial charge in [-0.3, -0.25) is 14.6 Å². The van der Waals surface area contributed by atoms with Crippen LogP contribution in [-0.4, -0.2) is 29.4 Å². The third kappa shape index (κ3) is 5.10. The van der Waals surface area contributed by atoms with Crippen molar-refractivity contribution in [2.45, 2.75) is 50.0 Å². The maximum Gasteiger partial charge on any atom is 0.237 e. The van der Waals surface area contributed by atoms with E-state index in [0.717, 1.165) is 49.8 Å². The summed E-state index contributed by atoms with van der Waals surface area (Å²) in [6, 6.07) is 9.48. The van der Waals surface area contributed by atoms with E-state index in [1.54, 1.807) is 36.7 Å². The number of amides is 2. The number of anilines is 1. The molecule has 0 bridgehead atoms. The van der Waals surface area contributed by atoms with Crippen molar-refractivity contribution in [2.75, 3.05) is 11.9 Å². The Hall–Kier alpha value is -2.80. The number of benzene rings is 1. The maximum absolute atomic E-state index is 13.2. The molecule has 31 heavy (non-hydrogen) atoms. The summed E-state index contributed by atoms with van der Waals surface area (Å²) in [6.07, 6.45) is 8.21. The van der Waals surface area contributed by atoms with Crippen molar-refractivity contribution < 1.29 is 14.0 Å². The molecule has 0 aliphatic heterocycles. The van der Waals surface area contributed by atoms with Gasteiger partial charge in [-0.2, -0.15) is 0 Å². The second-order valence-corrected chi connectivity index (χ2v) is 8.87. The highest BCUT2D eigenvalue weighted by molar-refractivity contribution is 5.92. The lowest BCUT2D eigenvalue weighted by Crippen LogP contribution is -2.48. The van der Waals surface area contributed by atoms with Crippen LogP contribution in [0, 0.1) is 17.7 Å². The summed E-state index contributed by atoms with van der Waals surface area (Å²) in [5.74, 6) is -0.370. The van der Waals surface area contributed by atoms with Crippen LogP contribution in [-0.2, 0) is 15.0 Å². The topological polar surface area (TPSA) is 97.1 Å². The number of nitrogens with two attached hydrogens (primary N) is 1. The van der Waals surface area contributed by atoms with E-state index in [9.17, 15) is 14.0 Å². The third-order valence-corrected chi connectivity index (χ3v) is 6.81. The van der Waals surface area contributed by atoms with Gasteiger partial charge >= 0.3 is 0 Å². The molecule has 2 aromatic rings. The fourth-order valence-corrected chi connectivity index (χ4v) is 4.53. The molecule has 2 amide bonds. The van der Waals surface area contributed by atoms with Crippen LogP contribution in [0.3, 0.4) is 0 Å². The minimum atomic E-state index is -0.576. The van der Waals surface area contributed by atoms with Crippen molar-refractivity contribution in [3.63, 3.8) is 0 Å². The van der Waals surface area contributed by atoms with E-state index in [4.69, 9.17) is 5.73 Å². The van der Waals surface area contributed by atoms with Gasteiger partial charge in [-0.15, -0.1) is 0 Å². The lowest BCUT2D eigenvalue weighted by Gasteiger charge is -2.31. The first kappa shape index (κ1) is 21.4. The first-order valence-corrected chi connectivity index (χ1v) is 11.0. The Morgan fingerprint density at radius 3 is 2.32 bits per heavy atom. The zero-order valence-electron chi connectivity index (χ0n) is 17.5. The normalized spacial score (nSPS) is 22.9. The Bertz CT molecular complexity index is 907. The van der Waals surface area contributed by atoms with E-state index in [-0.39, 0.29) is 34.9 Å². The molecule has 6 nitrogen and oxygen atoms in total. The second-order valence-electron chi connectivity index (χ2n) is 8.87. The molecule has 0 spiro atoms. The molecule has 1 heterocycles. The van der Waals surface area contributed by atoms with Crippen molar-refractivity contribution in [3.05, 3.63) is 60.2 Å². The van der Waals surface area contributed by atoms with Crippen LogP contribution >= 0.6 is 0 Å². The van der Waals surface area contributed by atoms with Crippen LogP contribution in [0.25, 0.3) is 0 Å². The lowest BCUT2D eigenvalue weighted by molar-refractivity contribution is -0.124. The molecule has 1 unspecified atom stereocenters. The summed E-state index contributed by atoms with van der Waals surface area (Å²) >= 11 is 0. The molecule has 2 aliphatic carbocycles. The van der Waals surface area contributed by atoms with E-state index >= 15 is 0 Å². The van der Waals surface area contributed by atoms with Crippen LogP contribution in [0.15, 0.2) is 48.8 Å². The van der Waals surface area contributed by atoms with Crippen LogP contribution < -0.4 is 16.4 Å². The summed E-state index contributed by atoms with van der Waals surface area (Å²) in [5.41, 5.74) is 7.99. The SMILES string of the molecule is NC(C(=O)NCC1(c2ccc(F)cc2)CC1)C1CCC(C(=O)Nc2ccncc2)CC1. The Labute approximate surface area is 181 Å². The van der Waals surface area contributed by atoms with Crippen molar-refractivity contribution in [1.29, 1.82) is 0 Å². The molecule has 0 radical (unpaired) electrons. The molecule has 0 saturated heterocycles. The molecule has 1 aromatic heterocycles. The van der Waals surface area contributed by atoms with Crippen LogP contribution in [0.2, 0.25) is 0 Å². The zero-order valence-corrected chi connectivity index (χ0v) is 17.5. The van der Waals surface area contributed by atoms with Gasteiger partial charge in [0.1, 0.15) is 5.82 Å². The van der Waals surface area contributed by atoms with Crippen LogP contribution in [0.5, 0.6) is 0 Å². The summed E-state index contributed by atoms with van der Waals surface area (Å²) in [4.78, 5) is 29.1. The van der Waals surface area contributed by atoms with Crippen molar-refractivity contribution in [3.8, 4) is 0 Å². The Morgan fingerprint density at radius 2 is 1.71 bits per heavy atom. The molecule has 2 saturated carbocycles. The Morgan fingerprint density at radius 1 is 1.06 bits per heavy atom. The minimum Gasteiger partial charge on any atom is -0.354 e. The van der Waals surface area contributed by atoms with Gasteiger partial charge in [-0.05, 0) is 74.3 Å². The molecule has 4 rings (SSSR count). The predicted octanol–water partition coefficient (Wildman–Crippen LogP) is 3.14. The quantitative estimate of drug-likeness (QED) is 0.636. The fraction of sp³-hybridized carbons (Fsp3) is 0.458. The summed E-state index contributed by atoms with van der Waals surface area (Å²) < 4.78 is 13.2.